The molecule has 3 aromatic rings. The zero-order chi connectivity index (χ0) is 18.5. The molecule has 0 aliphatic carbocycles. The zero-order valence-electron chi connectivity index (χ0n) is 14.1. The molecule has 0 fully saturated rings. The number of aryl methyl sites for hydroxylation is 1. The first-order chi connectivity index (χ1) is 12.6. The van der Waals surface area contributed by atoms with Crippen LogP contribution in [0.3, 0.4) is 0 Å². The van der Waals surface area contributed by atoms with Gasteiger partial charge < -0.3 is 14.5 Å². The van der Waals surface area contributed by atoms with E-state index in [9.17, 15) is 14.4 Å². The fraction of sp³-hybridized carbons (Fsp3) is 0.222. The number of aromatic nitrogens is 2. The van der Waals surface area contributed by atoms with Crippen molar-refractivity contribution in [2.45, 2.75) is 13.0 Å². The van der Waals surface area contributed by atoms with Crippen molar-refractivity contribution in [1.82, 2.24) is 15.1 Å². The van der Waals surface area contributed by atoms with Gasteiger partial charge in [-0.05, 0) is 24.6 Å². The Morgan fingerprint density at radius 1 is 1.27 bits per heavy atom. The van der Waals surface area contributed by atoms with Gasteiger partial charge in [-0.15, -0.1) is 0 Å². The van der Waals surface area contributed by atoms with Crippen molar-refractivity contribution in [3.8, 4) is 5.75 Å². The number of nitrogens with zero attached hydrogens (tertiary/aromatic N) is 2. The molecule has 1 N–H and O–H groups in total. The van der Waals surface area contributed by atoms with Gasteiger partial charge in [0, 0.05) is 30.7 Å². The van der Waals surface area contributed by atoms with Crippen molar-refractivity contribution in [3.05, 3.63) is 68.9 Å². The van der Waals surface area contributed by atoms with E-state index in [0.717, 1.165) is 0 Å². The quantitative estimate of drug-likeness (QED) is 0.526. The number of carbonyl (C=O) groups excluding carboxylic acids is 1. The number of hydrogen-bond donors (Lipinski definition) is 1. The van der Waals surface area contributed by atoms with Crippen LogP contribution in [0.4, 0.5) is 0 Å². The SMILES string of the molecule is COc1cccc2cc(C(=O)NCCCn3ncccc3=O)c(=O)oc12. The molecule has 0 unspecified atom stereocenters. The third kappa shape index (κ3) is 3.64. The number of hydrogen-bond acceptors (Lipinski definition) is 6. The number of fused-ring (bicyclic) bond motifs is 1. The molecule has 26 heavy (non-hydrogen) atoms. The lowest BCUT2D eigenvalue weighted by atomic mass is 10.1. The third-order valence-electron chi connectivity index (χ3n) is 3.81. The Labute approximate surface area is 148 Å². The Kier molecular flexibility index (Phi) is 5.12. The lowest BCUT2D eigenvalue weighted by Gasteiger charge is -2.07. The van der Waals surface area contributed by atoms with Crippen molar-refractivity contribution in [2.24, 2.45) is 0 Å². The first-order valence-corrected chi connectivity index (χ1v) is 8.01. The second-order valence-electron chi connectivity index (χ2n) is 5.52. The summed E-state index contributed by atoms with van der Waals surface area (Å²) >= 11 is 0. The first-order valence-electron chi connectivity index (χ1n) is 8.01. The Bertz CT molecular complexity index is 1050. The van der Waals surface area contributed by atoms with Gasteiger partial charge in [0.1, 0.15) is 5.56 Å². The predicted molar refractivity (Wildman–Crippen MR) is 94.5 cm³/mol. The van der Waals surface area contributed by atoms with Gasteiger partial charge in [-0.1, -0.05) is 12.1 Å². The highest BCUT2D eigenvalue weighted by Gasteiger charge is 2.15. The second-order valence-corrected chi connectivity index (χ2v) is 5.52. The molecule has 0 radical (unpaired) electrons. The summed E-state index contributed by atoms with van der Waals surface area (Å²) in [5.41, 5.74) is -0.727. The van der Waals surface area contributed by atoms with E-state index in [1.807, 2.05) is 0 Å². The lowest BCUT2D eigenvalue weighted by molar-refractivity contribution is 0.0949. The predicted octanol–water partition coefficient (Wildman–Crippen LogP) is 1.18. The molecule has 0 saturated heterocycles. The van der Waals surface area contributed by atoms with E-state index in [2.05, 4.69) is 10.4 Å². The maximum absolute atomic E-state index is 12.3. The Hall–Kier alpha value is -3.42. The van der Waals surface area contributed by atoms with Gasteiger partial charge in [0.25, 0.3) is 11.5 Å². The van der Waals surface area contributed by atoms with E-state index >= 15 is 0 Å². The average Bonchev–Trinajstić information content (AvgIpc) is 2.65. The van der Waals surface area contributed by atoms with Crippen LogP contribution in [0.2, 0.25) is 0 Å². The van der Waals surface area contributed by atoms with Gasteiger partial charge in [-0.3, -0.25) is 9.59 Å². The van der Waals surface area contributed by atoms with Gasteiger partial charge >= 0.3 is 5.63 Å². The molecule has 8 heteroatoms. The highest BCUT2D eigenvalue weighted by Crippen LogP contribution is 2.24. The van der Waals surface area contributed by atoms with Gasteiger partial charge in [0.05, 0.1) is 7.11 Å². The second kappa shape index (κ2) is 7.64. The molecule has 1 aromatic carbocycles. The first kappa shape index (κ1) is 17.4. The minimum Gasteiger partial charge on any atom is -0.493 e. The number of benzene rings is 1. The van der Waals surface area contributed by atoms with Crippen molar-refractivity contribution in [2.75, 3.05) is 13.7 Å². The van der Waals surface area contributed by atoms with Crippen LogP contribution in [0.5, 0.6) is 5.75 Å². The lowest BCUT2D eigenvalue weighted by Crippen LogP contribution is -2.30. The maximum atomic E-state index is 12.3. The minimum absolute atomic E-state index is 0.0826. The number of rotatable bonds is 6. The van der Waals surface area contributed by atoms with Crippen molar-refractivity contribution < 1.29 is 13.9 Å². The largest absolute Gasteiger partial charge is 0.493 e. The van der Waals surface area contributed by atoms with Gasteiger partial charge in [-0.2, -0.15) is 5.10 Å². The number of ether oxygens (including phenoxy) is 1. The monoisotopic (exact) mass is 355 g/mol. The molecular weight excluding hydrogens is 338 g/mol. The molecule has 0 aliphatic rings. The van der Waals surface area contributed by atoms with Crippen LogP contribution in [-0.2, 0) is 6.54 Å². The zero-order valence-corrected chi connectivity index (χ0v) is 14.1. The van der Waals surface area contributed by atoms with E-state index in [0.29, 0.717) is 29.7 Å². The summed E-state index contributed by atoms with van der Waals surface area (Å²) in [7, 11) is 1.47. The van der Waals surface area contributed by atoms with Gasteiger partial charge in [-0.25, -0.2) is 9.48 Å². The summed E-state index contributed by atoms with van der Waals surface area (Å²) in [5.74, 6) is -0.107. The van der Waals surface area contributed by atoms with E-state index in [1.165, 1.54) is 30.1 Å². The highest BCUT2D eigenvalue weighted by atomic mass is 16.5. The van der Waals surface area contributed by atoms with E-state index < -0.39 is 11.5 Å². The molecule has 1 amide bonds. The summed E-state index contributed by atoms with van der Waals surface area (Å²) in [6.45, 7) is 0.654. The fourth-order valence-electron chi connectivity index (χ4n) is 2.52. The maximum Gasteiger partial charge on any atom is 0.349 e. The molecular formula is C18H17N3O5. The number of amides is 1. The highest BCUT2D eigenvalue weighted by molar-refractivity contribution is 5.97. The van der Waals surface area contributed by atoms with E-state index in [-0.39, 0.29) is 17.7 Å². The smallest absolute Gasteiger partial charge is 0.349 e. The molecule has 0 spiro atoms. The summed E-state index contributed by atoms with van der Waals surface area (Å²) < 4.78 is 11.7. The summed E-state index contributed by atoms with van der Waals surface area (Å²) in [5, 5.41) is 7.17. The molecule has 3 rings (SSSR count). The van der Waals surface area contributed by atoms with Crippen LogP contribution in [0.1, 0.15) is 16.8 Å². The fourth-order valence-corrected chi connectivity index (χ4v) is 2.52. The molecule has 0 atom stereocenters. The summed E-state index contributed by atoms with van der Waals surface area (Å²) in [4.78, 5) is 35.9. The topological polar surface area (TPSA) is 103 Å². The third-order valence-corrected chi connectivity index (χ3v) is 3.81. The minimum atomic E-state index is -0.736. The van der Waals surface area contributed by atoms with Crippen LogP contribution < -0.4 is 21.2 Å². The molecule has 2 aromatic heterocycles. The van der Waals surface area contributed by atoms with Crippen LogP contribution in [0, 0.1) is 0 Å². The van der Waals surface area contributed by atoms with Crippen molar-refractivity contribution in [3.63, 3.8) is 0 Å². The summed E-state index contributed by atoms with van der Waals surface area (Å²) in [6, 6.07) is 9.60. The van der Waals surface area contributed by atoms with E-state index in [1.54, 1.807) is 24.3 Å². The van der Waals surface area contributed by atoms with Crippen molar-refractivity contribution >= 4 is 16.9 Å². The van der Waals surface area contributed by atoms with Gasteiger partial charge in [0.2, 0.25) is 0 Å². The van der Waals surface area contributed by atoms with Crippen LogP contribution in [0.15, 0.2) is 56.6 Å². The number of methoxy groups -OCH3 is 1. The molecule has 0 aliphatic heterocycles. The standard InChI is InChI=1S/C18H17N3O5/c1-25-14-6-2-5-12-11-13(18(24)26-16(12)14)17(23)19-8-4-10-21-15(22)7-3-9-20-21/h2-3,5-7,9,11H,4,8,10H2,1H3,(H,19,23). The Morgan fingerprint density at radius 2 is 2.12 bits per heavy atom. The number of nitrogens with one attached hydrogen (secondary N) is 1. The molecule has 2 heterocycles. The average molecular weight is 355 g/mol. The molecule has 0 saturated carbocycles. The molecule has 8 nitrogen and oxygen atoms in total. The van der Waals surface area contributed by atoms with Crippen LogP contribution in [0.25, 0.3) is 11.0 Å². The van der Waals surface area contributed by atoms with Crippen LogP contribution >= 0.6 is 0 Å². The number of para-hydroxylation sites is 1. The molecule has 134 valence electrons. The normalized spacial score (nSPS) is 10.7. The Balaban J connectivity index is 1.68. The van der Waals surface area contributed by atoms with Crippen molar-refractivity contribution in [1.29, 1.82) is 0 Å². The molecule has 0 bridgehead atoms. The van der Waals surface area contributed by atoms with E-state index in [4.69, 9.17) is 9.15 Å². The number of carbonyl (C=O) groups is 1. The van der Waals surface area contributed by atoms with Crippen LogP contribution in [-0.4, -0.2) is 29.3 Å². The summed E-state index contributed by atoms with van der Waals surface area (Å²) in [6.07, 6.45) is 2.02. The van der Waals surface area contributed by atoms with Gasteiger partial charge in [0.15, 0.2) is 11.3 Å². The Morgan fingerprint density at radius 3 is 2.88 bits per heavy atom.